The molecule has 27 heavy (non-hydrogen) atoms. The van der Waals surface area contributed by atoms with Gasteiger partial charge in [-0.05, 0) is 51.0 Å². The van der Waals surface area contributed by atoms with Gasteiger partial charge in [-0.2, -0.15) is 0 Å². The minimum atomic E-state index is -0.266. The zero-order valence-corrected chi connectivity index (χ0v) is 15.9. The van der Waals surface area contributed by atoms with Crippen molar-refractivity contribution in [1.82, 2.24) is 9.97 Å². The van der Waals surface area contributed by atoms with E-state index in [1.807, 2.05) is 70.2 Å². The summed E-state index contributed by atoms with van der Waals surface area (Å²) in [6.07, 6.45) is 0. The van der Waals surface area contributed by atoms with Crippen LogP contribution >= 0.6 is 0 Å². The van der Waals surface area contributed by atoms with E-state index in [-0.39, 0.29) is 12.5 Å². The average Bonchev–Trinajstić information content (AvgIpc) is 2.74. The molecule has 3 aromatic rings. The number of rotatable bonds is 4. The maximum absolute atomic E-state index is 12.2. The normalized spacial score (nSPS) is 10.5. The van der Waals surface area contributed by atoms with Crippen LogP contribution in [0.15, 0.2) is 47.6 Å². The molecule has 1 heterocycles. The third-order valence-corrected chi connectivity index (χ3v) is 4.24. The smallest absolute Gasteiger partial charge is 0.265 e. The minimum Gasteiger partial charge on any atom is -0.385 e. The van der Waals surface area contributed by atoms with Crippen LogP contribution in [0.1, 0.15) is 22.5 Å². The van der Waals surface area contributed by atoms with Crippen molar-refractivity contribution in [2.24, 2.45) is 5.16 Å². The molecule has 0 saturated heterocycles. The summed E-state index contributed by atoms with van der Waals surface area (Å²) in [4.78, 5) is 26.6. The largest absolute Gasteiger partial charge is 0.385 e. The number of nitrogens with zero attached hydrogens (tertiary/aromatic N) is 3. The number of benzene rings is 2. The van der Waals surface area contributed by atoms with Crippen LogP contribution in [-0.4, -0.2) is 22.5 Å². The summed E-state index contributed by atoms with van der Waals surface area (Å²) >= 11 is 0. The lowest BCUT2D eigenvalue weighted by Gasteiger charge is -2.10. The Hall–Kier alpha value is -3.28. The molecular formula is C21H22N4O2. The lowest BCUT2D eigenvalue weighted by atomic mass is 10.1. The van der Waals surface area contributed by atoms with E-state index in [1.165, 1.54) is 0 Å². The molecular weight excluding hydrogens is 340 g/mol. The number of aromatic nitrogens is 2. The van der Waals surface area contributed by atoms with E-state index < -0.39 is 0 Å². The molecule has 1 amide bonds. The quantitative estimate of drug-likeness (QED) is 0.722. The first-order valence-corrected chi connectivity index (χ1v) is 8.72. The van der Waals surface area contributed by atoms with Crippen LogP contribution in [0, 0.1) is 27.7 Å². The Morgan fingerprint density at radius 3 is 2.04 bits per heavy atom. The molecule has 3 rings (SSSR count). The van der Waals surface area contributed by atoms with Crippen LogP contribution < -0.4 is 10.7 Å². The van der Waals surface area contributed by atoms with Crippen molar-refractivity contribution in [3.05, 3.63) is 70.3 Å². The first-order valence-electron chi connectivity index (χ1n) is 8.72. The third kappa shape index (κ3) is 4.28. The highest BCUT2D eigenvalue weighted by atomic mass is 16.6. The lowest BCUT2D eigenvalue weighted by molar-refractivity contribution is -0.120. The summed E-state index contributed by atoms with van der Waals surface area (Å²) in [5, 5.41) is 7.51. The number of amides is 1. The van der Waals surface area contributed by atoms with Gasteiger partial charge in [-0.3, -0.25) is 4.79 Å². The number of hydrogen-bond donors (Lipinski definition) is 1. The number of nitrogens with one attached hydrogen (secondary N) is 1. The summed E-state index contributed by atoms with van der Waals surface area (Å²) in [6, 6.07) is 13.5. The second-order valence-electron chi connectivity index (χ2n) is 6.41. The zero-order chi connectivity index (χ0) is 19.4. The summed E-state index contributed by atoms with van der Waals surface area (Å²) in [5.41, 5.74) is 5.76. The number of fused-ring (bicyclic) bond motifs is 1. The Bertz CT molecular complexity index is 1010. The van der Waals surface area contributed by atoms with Gasteiger partial charge in [-0.15, -0.1) is 0 Å². The number of carbonyl (C=O) groups excluding carboxylic acids is 1. The average molecular weight is 362 g/mol. The van der Waals surface area contributed by atoms with Gasteiger partial charge in [0.2, 0.25) is 0 Å². The van der Waals surface area contributed by atoms with Crippen molar-refractivity contribution in [2.45, 2.75) is 27.7 Å². The van der Waals surface area contributed by atoms with E-state index in [4.69, 9.17) is 4.84 Å². The number of para-hydroxylation sites is 3. The Morgan fingerprint density at radius 1 is 0.926 bits per heavy atom. The molecule has 1 aromatic heterocycles. The zero-order valence-electron chi connectivity index (χ0n) is 15.9. The van der Waals surface area contributed by atoms with Crippen molar-refractivity contribution in [3.63, 3.8) is 0 Å². The van der Waals surface area contributed by atoms with E-state index in [2.05, 4.69) is 20.4 Å². The maximum Gasteiger partial charge on any atom is 0.265 e. The molecule has 138 valence electrons. The van der Waals surface area contributed by atoms with E-state index in [1.54, 1.807) is 0 Å². The lowest BCUT2D eigenvalue weighted by Crippen LogP contribution is -2.20. The first-order chi connectivity index (χ1) is 13.0. The van der Waals surface area contributed by atoms with Gasteiger partial charge in [0, 0.05) is 5.69 Å². The standard InChI is InChI=1S/C21H22N4O2/c1-13-8-7-9-14(2)20(13)24-19(26)12-27-25-21-15(3)22-17-10-5-6-11-18(17)23-16(21)4/h5-11H,12H2,1-4H3,(H,24,26). The van der Waals surface area contributed by atoms with E-state index >= 15 is 0 Å². The van der Waals surface area contributed by atoms with Crippen LogP contribution in [0.2, 0.25) is 0 Å². The van der Waals surface area contributed by atoms with Crippen LogP contribution in [0.4, 0.5) is 5.69 Å². The molecule has 6 heteroatoms. The van der Waals surface area contributed by atoms with Crippen LogP contribution in [0.3, 0.4) is 0 Å². The van der Waals surface area contributed by atoms with E-state index in [0.717, 1.165) is 27.8 Å². The molecule has 0 aliphatic carbocycles. The van der Waals surface area contributed by atoms with Crippen molar-refractivity contribution in [2.75, 3.05) is 11.9 Å². The molecule has 0 bridgehead atoms. The second-order valence-corrected chi connectivity index (χ2v) is 6.41. The highest BCUT2D eigenvalue weighted by molar-refractivity contribution is 5.93. The predicted molar refractivity (Wildman–Crippen MR) is 105 cm³/mol. The fourth-order valence-electron chi connectivity index (χ4n) is 2.86. The summed E-state index contributed by atoms with van der Waals surface area (Å²) in [7, 11) is 0. The number of aryl methyl sites for hydroxylation is 4. The Labute approximate surface area is 157 Å². The third-order valence-electron chi connectivity index (χ3n) is 4.24. The Balaban J connectivity index is 1.79. The fourth-order valence-corrected chi connectivity index (χ4v) is 2.86. The van der Waals surface area contributed by atoms with Gasteiger partial charge in [-0.1, -0.05) is 35.5 Å². The topological polar surface area (TPSA) is 76.5 Å². The molecule has 0 radical (unpaired) electrons. The molecule has 0 aliphatic rings. The number of hydrogen-bond acceptors (Lipinski definition) is 5. The summed E-state index contributed by atoms with van der Waals surface area (Å²) in [6.45, 7) is 7.41. The molecule has 0 fully saturated rings. The number of carbonyl (C=O) groups is 1. The highest BCUT2D eigenvalue weighted by Crippen LogP contribution is 2.19. The molecule has 0 atom stereocenters. The highest BCUT2D eigenvalue weighted by Gasteiger charge is 2.08. The van der Waals surface area contributed by atoms with E-state index in [9.17, 15) is 4.79 Å². The van der Waals surface area contributed by atoms with Gasteiger partial charge in [0.05, 0.1) is 22.4 Å². The monoisotopic (exact) mass is 362 g/mol. The fraction of sp³-hybridized carbons (Fsp3) is 0.238. The van der Waals surface area contributed by atoms with Crippen molar-refractivity contribution in [1.29, 1.82) is 0 Å². The van der Waals surface area contributed by atoms with Crippen LogP contribution in [0.25, 0.3) is 11.0 Å². The summed E-state index contributed by atoms with van der Waals surface area (Å²) in [5.74, 6) is -0.266. The van der Waals surface area contributed by atoms with Gasteiger partial charge in [0.25, 0.3) is 5.91 Å². The van der Waals surface area contributed by atoms with Crippen molar-refractivity contribution in [3.8, 4) is 0 Å². The van der Waals surface area contributed by atoms with Gasteiger partial charge in [0.15, 0.2) is 6.61 Å². The minimum absolute atomic E-state index is 0.190. The molecule has 0 unspecified atom stereocenters. The SMILES string of the molecule is Cc1cccc(C)c1NC(=O)CON=c1c(C)nc2ccccc2nc1C. The van der Waals surface area contributed by atoms with Gasteiger partial charge >= 0.3 is 0 Å². The summed E-state index contributed by atoms with van der Waals surface area (Å²) < 4.78 is 0. The van der Waals surface area contributed by atoms with E-state index in [0.29, 0.717) is 16.7 Å². The van der Waals surface area contributed by atoms with Crippen molar-refractivity contribution < 1.29 is 9.63 Å². The molecule has 0 saturated carbocycles. The molecule has 2 aromatic carbocycles. The molecule has 6 nitrogen and oxygen atoms in total. The van der Waals surface area contributed by atoms with Crippen LogP contribution in [0.5, 0.6) is 0 Å². The Morgan fingerprint density at radius 2 is 1.48 bits per heavy atom. The second kappa shape index (κ2) is 7.95. The molecule has 1 N–H and O–H groups in total. The number of anilines is 1. The first kappa shape index (κ1) is 18.5. The predicted octanol–water partition coefficient (Wildman–Crippen LogP) is 3.33. The van der Waals surface area contributed by atoms with Gasteiger partial charge < -0.3 is 10.2 Å². The molecule has 0 spiro atoms. The Kier molecular flexibility index (Phi) is 5.45. The maximum atomic E-state index is 12.2. The van der Waals surface area contributed by atoms with Gasteiger partial charge in [-0.25, -0.2) is 9.97 Å². The van der Waals surface area contributed by atoms with Crippen molar-refractivity contribution >= 4 is 22.6 Å². The van der Waals surface area contributed by atoms with Crippen LogP contribution in [-0.2, 0) is 9.63 Å². The molecule has 0 aliphatic heterocycles. The van der Waals surface area contributed by atoms with Gasteiger partial charge in [0.1, 0.15) is 5.36 Å².